The SMILES string of the molecule is CC1=CC(c2ccccc2)=CC1[Si](C)(C)C1C(c2ccc(C)o2)=Cc2c(-c3ccc(C(C)(C)C)cc3)cccc21. The second-order valence-corrected chi connectivity index (χ2v) is 18.1. The van der Waals surface area contributed by atoms with Crippen molar-refractivity contribution in [3.8, 4) is 11.1 Å². The van der Waals surface area contributed by atoms with Crippen LogP contribution in [0.25, 0.3) is 28.3 Å². The minimum absolute atomic E-state index is 0.140. The lowest BCUT2D eigenvalue weighted by Gasteiger charge is -2.37. The van der Waals surface area contributed by atoms with Crippen LogP contribution in [-0.2, 0) is 5.41 Å². The largest absolute Gasteiger partial charge is 0.462 e. The van der Waals surface area contributed by atoms with E-state index in [1.807, 2.05) is 6.92 Å². The van der Waals surface area contributed by atoms with Gasteiger partial charge in [0.1, 0.15) is 11.5 Å². The summed E-state index contributed by atoms with van der Waals surface area (Å²) in [4.78, 5) is 0. The van der Waals surface area contributed by atoms with E-state index in [9.17, 15) is 0 Å². The molecule has 0 bridgehead atoms. The lowest BCUT2D eigenvalue weighted by atomic mass is 9.86. The first-order valence-corrected chi connectivity index (χ1v) is 17.7. The van der Waals surface area contributed by atoms with E-state index in [1.165, 1.54) is 50.1 Å². The summed E-state index contributed by atoms with van der Waals surface area (Å²) in [6.07, 6.45) is 7.41. The first-order valence-electron chi connectivity index (χ1n) is 14.5. The molecule has 2 aliphatic carbocycles. The summed E-state index contributed by atoms with van der Waals surface area (Å²) < 4.78 is 6.33. The zero-order valence-electron chi connectivity index (χ0n) is 24.9. The van der Waals surface area contributed by atoms with E-state index < -0.39 is 8.07 Å². The molecule has 2 unspecified atom stereocenters. The highest BCUT2D eigenvalue weighted by molar-refractivity contribution is 6.83. The highest BCUT2D eigenvalue weighted by Gasteiger charge is 2.47. The van der Waals surface area contributed by atoms with Gasteiger partial charge in [-0.1, -0.05) is 124 Å². The van der Waals surface area contributed by atoms with Crippen molar-refractivity contribution in [1.82, 2.24) is 0 Å². The Morgan fingerprint density at radius 3 is 2.10 bits per heavy atom. The molecule has 0 radical (unpaired) electrons. The van der Waals surface area contributed by atoms with Crippen molar-refractivity contribution in [3.63, 3.8) is 0 Å². The van der Waals surface area contributed by atoms with E-state index >= 15 is 0 Å². The Morgan fingerprint density at radius 1 is 0.725 bits per heavy atom. The average molecular weight is 541 g/mol. The molecule has 0 N–H and O–H groups in total. The van der Waals surface area contributed by atoms with Gasteiger partial charge in [0.15, 0.2) is 0 Å². The molecule has 0 spiro atoms. The Balaban J connectivity index is 1.47. The number of fused-ring (bicyclic) bond motifs is 1. The maximum atomic E-state index is 6.33. The van der Waals surface area contributed by atoms with Gasteiger partial charge in [-0.25, -0.2) is 0 Å². The van der Waals surface area contributed by atoms with Gasteiger partial charge in [-0.15, -0.1) is 0 Å². The van der Waals surface area contributed by atoms with Gasteiger partial charge in [0.25, 0.3) is 0 Å². The van der Waals surface area contributed by atoms with Gasteiger partial charge in [-0.2, -0.15) is 0 Å². The molecule has 0 fully saturated rings. The monoisotopic (exact) mass is 540 g/mol. The van der Waals surface area contributed by atoms with Crippen LogP contribution in [0, 0.1) is 6.92 Å². The lowest BCUT2D eigenvalue weighted by Crippen LogP contribution is -2.39. The summed E-state index contributed by atoms with van der Waals surface area (Å²) in [7, 11) is -1.99. The molecule has 3 aromatic carbocycles. The van der Waals surface area contributed by atoms with E-state index in [-0.39, 0.29) is 5.41 Å². The van der Waals surface area contributed by atoms with Crippen molar-refractivity contribution in [3.05, 3.63) is 136 Å². The first kappa shape index (κ1) is 26.6. The van der Waals surface area contributed by atoms with Gasteiger partial charge in [0.2, 0.25) is 0 Å². The van der Waals surface area contributed by atoms with Crippen LogP contribution in [0.15, 0.2) is 107 Å². The second kappa shape index (κ2) is 9.78. The van der Waals surface area contributed by atoms with Crippen molar-refractivity contribution >= 4 is 25.3 Å². The third kappa shape index (κ3) is 4.59. The fraction of sp³-hybridized carbons (Fsp3) is 0.263. The minimum atomic E-state index is -1.99. The standard InChI is InChI=1S/C38H40OSi/c1-25-22-29(27-12-9-8-10-13-27)23-36(25)40(6,7)37-32-15-11-14-31(28-17-19-30(20-18-28)38(3,4)5)33(32)24-34(37)35-21-16-26(2)39-35/h8-24,36-37H,1-7H3. The van der Waals surface area contributed by atoms with Crippen molar-refractivity contribution < 1.29 is 4.42 Å². The molecule has 0 saturated carbocycles. The highest BCUT2D eigenvalue weighted by Crippen LogP contribution is 2.55. The molecule has 1 nitrogen and oxygen atoms in total. The van der Waals surface area contributed by atoms with Crippen LogP contribution < -0.4 is 0 Å². The zero-order chi connectivity index (χ0) is 28.2. The molecule has 1 heterocycles. The van der Waals surface area contributed by atoms with Crippen molar-refractivity contribution in [1.29, 1.82) is 0 Å². The number of furan rings is 1. The molecular weight excluding hydrogens is 501 g/mol. The first-order chi connectivity index (χ1) is 19.0. The number of aryl methyl sites for hydroxylation is 1. The number of benzene rings is 3. The molecular formula is C38H40OSi. The molecule has 2 aliphatic rings. The Kier molecular flexibility index (Phi) is 6.50. The zero-order valence-corrected chi connectivity index (χ0v) is 25.9. The minimum Gasteiger partial charge on any atom is -0.462 e. The summed E-state index contributed by atoms with van der Waals surface area (Å²) in [5.41, 5.74) is 13.2. The van der Waals surface area contributed by atoms with Gasteiger partial charge in [0.05, 0.1) is 8.07 Å². The smallest absolute Gasteiger partial charge is 0.130 e. The van der Waals surface area contributed by atoms with Crippen LogP contribution in [0.4, 0.5) is 0 Å². The second-order valence-electron chi connectivity index (χ2n) is 13.3. The van der Waals surface area contributed by atoms with Crippen LogP contribution in [-0.4, -0.2) is 8.07 Å². The summed E-state index contributed by atoms with van der Waals surface area (Å²) in [6.45, 7) is 16.4. The Bertz CT molecular complexity index is 1650. The van der Waals surface area contributed by atoms with Crippen LogP contribution in [0.3, 0.4) is 0 Å². The fourth-order valence-electron chi connectivity index (χ4n) is 6.89. The summed E-state index contributed by atoms with van der Waals surface area (Å²) in [6, 6.07) is 31.2. The molecule has 202 valence electrons. The molecule has 1 aromatic heterocycles. The van der Waals surface area contributed by atoms with Gasteiger partial charge in [-0.3, -0.25) is 0 Å². The van der Waals surface area contributed by atoms with Gasteiger partial charge in [-0.05, 0) is 82.0 Å². The van der Waals surface area contributed by atoms with Crippen molar-refractivity contribution in [2.24, 2.45) is 0 Å². The molecule has 2 heteroatoms. The third-order valence-electron chi connectivity index (χ3n) is 9.02. The topological polar surface area (TPSA) is 13.1 Å². The summed E-state index contributed by atoms with van der Waals surface area (Å²) in [5, 5.41) is 0. The molecule has 2 atom stereocenters. The molecule has 4 aromatic rings. The van der Waals surface area contributed by atoms with E-state index in [4.69, 9.17) is 4.42 Å². The summed E-state index contributed by atoms with van der Waals surface area (Å²) in [5.74, 6) is 1.98. The quantitative estimate of drug-likeness (QED) is 0.229. The van der Waals surface area contributed by atoms with E-state index in [1.54, 1.807) is 0 Å². The molecule has 0 aliphatic heterocycles. The molecule has 40 heavy (non-hydrogen) atoms. The number of hydrogen-bond donors (Lipinski definition) is 0. The van der Waals surface area contributed by atoms with Crippen molar-refractivity contribution in [2.45, 2.75) is 64.2 Å². The Labute approximate surface area is 241 Å². The number of rotatable bonds is 5. The van der Waals surface area contributed by atoms with Crippen LogP contribution >= 0.6 is 0 Å². The van der Waals surface area contributed by atoms with Crippen LogP contribution in [0.5, 0.6) is 0 Å². The number of allylic oxidation sites excluding steroid dienone is 5. The van der Waals surface area contributed by atoms with Crippen LogP contribution in [0.1, 0.15) is 67.0 Å². The van der Waals surface area contributed by atoms with Gasteiger partial charge in [0, 0.05) is 11.1 Å². The normalized spacial score (nSPS) is 18.8. The predicted molar refractivity (Wildman–Crippen MR) is 174 cm³/mol. The summed E-state index contributed by atoms with van der Waals surface area (Å²) >= 11 is 0. The maximum Gasteiger partial charge on any atom is 0.130 e. The highest BCUT2D eigenvalue weighted by atomic mass is 28.3. The average Bonchev–Trinajstić information content (AvgIpc) is 3.65. The van der Waals surface area contributed by atoms with Gasteiger partial charge < -0.3 is 4.42 Å². The Morgan fingerprint density at radius 2 is 1.45 bits per heavy atom. The van der Waals surface area contributed by atoms with Gasteiger partial charge >= 0.3 is 0 Å². The predicted octanol–water partition coefficient (Wildman–Crippen LogP) is 10.9. The van der Waals surface area contributed by atoms with E-state index in [0.29, 0.717) is 11.1 Å². The van der Waals surface area contributed by atoms with Crippen LogP contribution in [0.2, 0.25) is 18.6 Å². The van der Waals surface area contributed by atoms with E-state index in [2.05, 4.69) is 144 Å². The van der Waals surface area contributed by atoms with Crippen molar-refractivity contribution in [2.75, 3.05) is 0 Å². The maximum absolute atomic E-state index is 6.33. The Hall–Kier alpha value is -3.62. The molecule has 6 rings (SSSR count). The lowest BCUT2D eigenvalue weighted by molar-refractivity contribution is 0.520. The number of hydrogen-bond acceptors (Lipinski definition) is 1. The molecule has 0 saturated heterocycles. The third-order valence-corrected chi connectivity index (χ3v) is 13.4. The molecule has 0 amide bonds. The fourth-order valence-corrected chi connectivity index (χ4v) is 11.2. The van der Waals surface area contributed by atoms with E-state index in [0.717, 1.165) is 11.5 Å².